The molecule has 2 heterocycles. The van der Waals surface area contributed by atoms with Gasteiger partial charge in [-0.25, -0.2) is 4.79 Å². The second-order valence-corrected chi connectivity index (χ2v) is 6.20. The Hall–Kier alpha value is -2.50. The van der Waals surface area contributed by atoms with E-state index in [0.717, 1.165) is 4.90 Å². The predicted octanol–water partition coefficient (Wildman–Crippen LogP) is -1.76. The maximum Gasteiger partial charge on any atom is 0.353 e. The Morgan fingerprint density at radius 1 is 1.22 bits per heavy atom. The number of halogens is 1. The highest BCUT2D eigenvalue weighted by molar-refractivity contribution is 6.32. The molecule has 10 nitrogen and oxygen atoms in total. The van der Waals surface area contributed by atoms with Crippen LogP contribution < -0.4 is 11.1 Å². The van der Waals surface area contributed by atoms with Gasteiger partial charge in [-0.2, -0.15) is 0 Å². The Balaban J connectivity index is 0.00000225. The van der Waals surface area contributed by atoms with Crippen molar-refractivity contribution < 1.29 is 35.9 Å². The number of rotatable bonds is 4. The smallest absolute Gasteiger partial charge is 0.353 e. The molecule has 0 bridgehead atoms. The second kappa shape index (κ2) is 9.44. The van der Waals surface area contributed by atoms with E-state index < -0.39 is 35.9 Å². The molecule has 2 aliphatic rings. The van der Waals surface area contributed by atoms with Gasteiger partial charge in [0.15, 0.2) is 0 Å². The van der Waals surface area contributed by atoms with E-state index in [-0.39, 0.29) is 27.2 Å². The Morgan fingerprint density at radius 2 is 1.81 bits per heavy atom. The number of nitrogens with two attached hydrogens (primary N) is 1. The van der Waals surface area contributed by atoms with Gasteiger partial charge >= 0.3 is 5.97 Å². The van der Waals surface area contributed by atoms with Crippen LogP contribution in [0.5, 0.6) is 0 Å². The lowest BCUT2D eigenvalue weighted by atomic mass is 9.86. The summed E-state index contributed by atoms with van der Waals surface area (Å²) in [5.41, 5.74) is 6.35. The van der Waals surface area contributed by atoms with Crippen LogP contribution in [-0.4, -0.2) is 56.3 Å². The molecule has 1 fully saturated rings. The number of carboxylic acids is 1. The number of fused-ring (bicyclic) bond motifs is 1. The highest BCUT2D eigenvalue weighted by Gasteiger charge is 2.53. The minimum Gasteiger partial charge on any atom is -0.477 e. The zero-order valence-corrected chi connectivity index (χ0v) is 14.9. The summed E-state index contributed by atoms with van der Waals surface area (Å²) in [5.74, 6) is -2.20. The molecular formula is C16H22ClN3O7. The summed E-state index contributed by atoms with van der Waals surface area (Å²) >= 11 is 5.92. The first kappa shape index (κ1) is 24.5. The molecule has 1 aromatic rings. The topological polar surface area (TPSA) is 207 Å². The van der Waals surface area contributed by atoms with Crippen LogP contribution in [0.1, 0.15) is 24.4 Å². The molecule has 0 aromatic heterocycles. The van der Waals surface area contributed by atoms with E-state index in [1.165, 1.54) is 0 Å². The van der Waals surface area contributed by atoms with Gasteiger partial charge in [-0.05, 0) is 18.4 Å². The third kappa shape index (κ3) is 4.26. The maximum atomic E-state index is 12.3. The molecule has 2 amide bonds. The van der Waals surface area contributed by atoms with Crippen LogP contribution in [0.3, 0.4) is 0 Å². The predicted molar refractivity (Wildman–Crippen MR) is 96.5 cm³/mol. The number of amides is 2. The SMILES string of the molecule is N[C@@H](C(=O)N[C@@H]1C(=O)N2C(C(=O)O)=C(Cl)CC[C@H]12)c1ccccc1.O.O.O. The number of carboxylic acid groups (broad SMARTS) is 1. The standard InChI is InChI=1S/C16H16ClN3O4.3H2O/c17-9-6-7-10-12(15(22)20(10)13(9)16(23)24)19-14(21)11(18)8-4-2-1-3-5-8;;;/h1-5,10-12H,6-7,18H2,(H,19,21)(H,23,24);3*1H2/t10-,11-,12+;;;/m1.../s1. The molecule has 150 valence electrons. The van der Waals surface area contributed by atoms with Crippen molar-refractivity contribution in [3.05, 3.63) is 46.6 Å². The molecule has 3 rings (SSSR count). The number of aliphatic carboxylic acids is 1. The van der Waals surface area contributed by atoms with Crippen molar-refractivity contribution in [1.29, 1.82) is 0 Å². The molecule has 0 aliphatic carbocycles. The van der Waals surface area contributed by atoms with Crippen molar-refractivity contribution in [2.24, 2.45) is 5.73 Å². The van der Waals surface area contributed by atoms with Gasteiger partial charge in [0.25, 0.3) is 5.91 Å². The van der Waals surface area contributed by atoms with Crippen LogP contribution in [0.4, 0.5) is 0 Å². The molecule has 27 heavy (non-hydrogen) atoms. The molecular weight excluding hydrogens is 382 g/mol. The zero-order valence-electron chi connectivity index (χ0n) is 14.1. The first-order valence-electron chi connectivity index (χ1n) is 7.47. The Kier molecular flexibility index (Phi) is 8.57. The highest BCUT2D eigenvalue weighted by atomic mass is 35.5. The summed E-state index contributed by atoms with van der Waals surface area (Å²) in [5, 5.41) is 12.0. The first-order chi connectivity index (χ1) is 11.4. The fourth-order valence-electron chi connectivity index (χ4n) is 3.07. The molecule has 0 saturated carbocycles. The fourth-order valence-corrected chi connectivity index (χ4v) is 3.35. The number of nitrogens with zero attached hydrogens (tertiary/aromatic N) is 1. The first-order valence-corrected chi connectivity index (χ1v) is 7.85. The summed E-state index contributed by atoms with van der Waals surface area (Å²) < 4.78 is 0. The Morgan fingerprint density at radius 3 is 2.37 bits per heavy atom. The number of nitrogens with one attached hydrogen (secondary N) is 1. The Bertz CT molecular complexity index is 741. The van der Waals surface area contributed by atoms with Gasteiger partial charge in [0.05, 0.1) is 6.04 Å². The van der Waals surface area contributed by atoms with Crippen molar-refractivity contribution in [2.75, 3.05) is 0 Å². The van der Waals surface area contributed by atoms with Crippen LogP contribution in [0, 0.1) is 0 Å². The van der Waals surface area contributed by atoms with Gasteiger partial charge in [0, 0.05) is 5.03 Å². The quantitative estimate of drug-likeness (QED) is 0.497. The number of carbonyl (C=O) groups excluding carboxylic acids is 2. The van der Waals surface area contributed by atoms with Gasteiger partial charge in [-0.15, -0.1) is 0 Å². The summed E-state index contributed by atoms with van der Waals surface area (Å²) in [6.07, 6.45) is 0.849. The second-order valence-electron chi connectivity index (χ2n) is 5.75. The highest BCUT2D eigenvalue weighted by Crippen LogP contribution is 2.38. The van der Waals surface area contributed by atoms with Gasteiger partial charge in [0.2, 0.25) is 5.91 Å². The van der Waals surface area contributed by atoms with Crippen molar-refractivity contribution in [2.45, 2.75) is 31.0 Å². The summed E-state index contributed by atoms with van der Waals surface area (Å²) in [6, 6.07) is 6.74. The maximum absolute atomic E-state index is 12.3. The molecule has 0 radical (unpaired) electrons. The lowest BCUT2D eigenvalue weighted by Crippen LogP contribution is -2.72. The lowest BCUT2D eigenvalue weighted by molar-refractivity contribution is -0.156. The van der Waals surface area contributed by atoms with E-state index in [4.69, 9.17) is 17.3 Å². The molecule has 3 atom stereocenters. The summed E-state index contributed by atoms with van der Waals surface area (Å²) in [4.78, 5) is 37.0. The van der Waals surface area contributed by atoms with Gasteiger partial charge < -0.3 is 32.6 Å². The van der Waals surface area contributed by atoms with E-state index in [2.05, 4.69) is 5.32 Å². The number of β-lactam (4-membered cyclic amide) rings is 1. The summed E-state index contributed by atoms with van der Waals surface area (Å²) in [7, 11) is 0. The molecule has 0 spiro atoms. The zero-order chi connectivity index (χ0) is 17.4. The minimum atomic E-state index is -1.25. The van der Waals surface area contributed by atoms with E-state index >= 15 is 0 Å². The normalized spacial score (nSPS) is 21.4. The molecule has 1 aromatic carbocycles. The van der Waals surface area contributed by atoms with Gasteiger partial charge in [0.1, 0.15) is 17.8 Å². The van der Waals surface area contributed by atoms with Crippen LogP contribution in [0.2, 0.25) is 0 Å². The van der Waals surface area contributed by atoms with E-state index in [1.54, 1.807) is 24.3 Å². The summed E-state index contributed by atoms with van der Waals surface area (Å²) in [6.45, 7) is 0. The third-order valence-corrected chi connectivity index (χ3v) is 4.69. The van der Waals surface area contributed by atoms with Crippen molar-refractivity contribution in [3.63, 3.8) is 0 Å². The third-order valence-electron chi connectivity index (χ3n) is 4.32. The number of hydrogen-bond acceptors (Lipinski definition) is 4. The molecule has 0 unspecified atom stereocenters. The van der Waals surface area contributed by atoms with Crippen molar-refractivity contribution in [1.82, 2.24) is 10.2 Å². The lowest BCUT2D eigenvalue weighted by Gasteiger charge is -2.49. The van der Waals surface area contributed by atoms with Crippen molar-refractivity contribution in [3.8, 4) is 0 Å². The largest absolute Gasteiger partial charge is 0.477 e. The van der Waals surface area contributed by atoms with E-state index in [1.807, 2.05) is 6.07 Å². The van der Waals surface area contributed by atoms with E-state index in [0.29, 0.717) is 18.4 Å². The van der Waals surface area contributed by atoms with Crippen LogP contribution >= 0.6 is 11.6 Å². The molecule has 10 N–H and O–H groups in total. The molecule has 11 heteroatoms. The van der Waals surface area contributed by atoms with Gasteiger partial charge in [-0.1, -0.05) is 41.9 Å². The van der Waals surface area contributed by atoms with Crippen LogP contribution in [0.15, 0.2) is 41.1 Å². The number of benzene rings is 1. The van der Waals surface area contributed by atoms with Crippen LogP contribution in [0.25, 0.3) is 0 Å². The Labute approximate surface area is 159 Å². The van der Waals surface area contributed by atoms with Crippen LogP contribution in [-0.2, 0) is 14.4 Å². The minimum absolute atomic E-state index is 0. The average molecular weight is 404 g/mol. The molecule has 2 aliphatic heterocycles. The number of carbonyl (C=O) groups is 3. The van der Waals surface area contributed by atoms with Crippen molar-refractivity contribution >= 4 is 29.4 Å². The average Bonchev–Trinajstić information content (AvgIpc) is 2.59. The number of hydrogen-bond donors (Lipinski definition) is 3. The van der Waals surface area contributed by atoms with E-state index in [9.17, 15) is 19.5 Å². The number of allylic oxidation sites excluding steroid dienone is 1. The van der Waals surface area contributed by atoms with Gasteiger partial charge in [-0.3, -0.25) is 14.5 Å². The molecule has 1 saturated heterocycles. The fraction of sp³-hybridized carbons (Fsp3) is 0.312. The monoisotopic (exact) mass is 403 g/mol.